The second-order valence-electron chi connectivity index (χ2n) is 4.88. The van der Waals surface area contributed by atoms with Gasteiger partial charge in [0.15, 0.2) is 5.65 Å². The highest BCUT2D eigenvalue weighted by atomic mass is 35.5. The average Bonchev–Trinajstić information content (AvgIpc) is 2.80. The Balaban J connectivity index is 2.33. The summed E-state index contributed by atoms with van der Waals surface area (Å²) in [7, 11) is 0. The third kappa shape index (κ3) is 2.61. The molecule has 2 aromatic heterocycles. The van der Waals surface area contributed by atoms with Gasteiger partial charge in [0.25, 0.3) is 0 Å². The predicted molar refractivity (Wildman–Crippen MR) is 87.9 cm³/mol. The first-order chi connectivity index (χ1) is 9.97. The fourth-order valence-electron chi connectivity index (χ4n) is 2.23. The SMILES string of the molecule is Cc1cnc2c(c1)nc(C(C)Cl)n2-c1ccc(Cl)c(Cl)c1. The second kappa shape index (κ2) is 5.48. The summed E-state index contributed by atoms with van der Waals surface area (Å²) in [5.74, 6) is 0.725. The van der Waals surface area contributed by atoms with E-state index in [2.05, 4.69) is 9.97 Å². The molecule has 1 atom stereocenters. The van der Waals surface area contributed by atoms with Gasteiger partial charge in [-0.15, -0.1) is 11.6 Å². The highest BCUT2D eigenvalue weighted by Gasteiger charge is 2.18. The van der Waals surface area contributed by atoms with Gasteiger partial charge in [-0.25, -0.2) is 9.97 Å². The molecule has 108 valence electrons. The summed E-state index contributed by atoms with van der Waals surface area (Å²) < 4.78 is 1.91. The number of pyridine rings is 1. The van der Waals surface area contributed by atoms with Gasteiger partial charge in [-0.2, -0.15) is 0 Å². The minimum Gasteiger partial charge on any atom is -0.279 e. The van der Waals surface area contributed by atoms with Gasteiger partial charge in [0.2, 0.25) is 0 Å². The van der Waals surface area contributed by atoms with Crippen molar-refractivity contribution in [1.82, 2.24) is 14.5 Å². The van der Waals surface area contributed by atoms with Gasteiger partial charge in [-0.1, -0.05) is 23.2 Å². The average molecular weight is 341 g/mol. The maximum atomic E-state index is 6.27. The lowest BCUT2D eigenvalue weighted by molar-refractivity contribution is 0.877. The van der Waals surface area contributed by atoms with E-state index in [1.807, 2.05) is 30.5 Å². The third-order valence-electron chi connectivity index (χ3n) is 3.18. The quantitative estimate of drug-likeness (QED) is 0.590. The van der Waals surface area contributed by atoms with E-state index < -0.39 is 0 Å². The van der Waals surface area contributed by atoms with Crippen molar-refractivity contribution in [2.45, 2.75) is 19.2 Å². The summed E-state index contributed by atoms with van der Waals surface area (Å²) in [5.41, 5.74) is 3.45. The molecule has 0 fully saturated rings. The van der Waals surface area contributed by atoms with Crippen LogP contribution in [0.4, 0.5) is 0 Å². The number of aromatic nitrogens is 3. The first-order valence-corrected chi connectivity index (χ1v) is 7.61. The van der Waals surface area contributed by atoms with Gasteiger partial charge in [0.05, 0.1) is 21.1 Å². The number of alkyl halides is 1. The van der Waals surface area contributed by atoms with Gasteiger partial charge in [0, 0.05) is 6.20 Å². The standard InChI is InChI=1S/C15H12Cl3N3/c1-8-5-13-15(19-7-8)21(14(20-13)9(2)16)10-3-4-11(17)12(18)6-10/h3-7,9H,1-2H3. The molecule has 3 aromatic rings. The van der Waals surface area contributed by atoms with Crippen molar-refractivity contribution in [3.05, 3.63) is 51.9 Å². The topological polar surface area (TPSA) is 30.7 Å². The van der Waals surface area contributed by atoms with Crippen LogP contribution in [0.1, 0.15) is 23.7 Å². The van der Waals surface area contributed by atoms with Crippen molar-refractivity contribution in [3.8, 4) is 5.69 Å². The van der Waals surface area contributed by atoms with Crippen molar-refractivity contribution in [2.24, 2.45) is 0 Å². The Bertz CT molecular complexity index is 824. The highest BCUT2D eigenvalue weighted by molar-refractivity contribution is 6.42. The lowest BCUT2D eigenvalue weighted by Crippen LogP contribution is -2.02. The highest BCUT2D eigenvalue weighted by Crippen LogP contribution is 2.30. The number of hydrogen-bond donors (Lipinski definition) is 0. The minimum atomic E-state index is -0.256. The molecule has 0 radical (unpaired) electrons. The zero-order valence-electron chi connectivity index (χ0n) is 11.4. The van der Waals surface area contributed by atoms with Crippen molar-refractivity contribution in [1.29, 1.82) is 0 Å². The Morgan fingerprint density at radius 3 is 2.57 bits per heavy atom. The molecule has 0 aliphatic rings. The van der Waals surface area contributed by atoms with Gasteiger partial charge >= 0.3 is 0 Å². The van der Waals surface area contributed by atoms with E-state index in [-0.39, 0.29) is 5.38 Å². The number of hydrogen-bond acceptors (Lipinski definition) is 2. The van der Waals surface area contributed by atoms with Crippen LogP contribution < -0.4 is 0 Å². The molecule has 6 heteroatoms. The lowest BCUT2D eigenvalue weighted by atomic mass is 10.3. The number of benzene rings is 1. The van der Waals surface area contributed by atoms with E-state index in [9.17, 15) is 0 Å². The number of nitrogens with zero attached hydrogens (tertiary/aromatic N) is 3. The second-order valence-corrected chi connectivity index (χ2v) is 6.34. The summed E-state index contributed by atoms with van der Waals surface area (Å²) >= 11 is 18.4. The molecule has 0 N–H and O–H groups in total. The first kappa shape index (κ1) is 14.6. The van der Waals surface area contributed by atoms with Crippen LogP contribution in [0.25, 0.3) is 16.9 Å². The normalized spacial score (nSPS) is 12.8. The molecule has 3 nitrogen and oxygen atoms in total. The number of imidazole rings is 1. The minimum absolute atomic E-state index is 0.256. The zero-order chi connectivity index (χ0) is 15.1. The Morgan fingerprint density at radius 2 is 1.90 bits per heavy atom. The molecule has 21 heavy (non-hydrogen) atoms. The van der Waals surface area contributed by atoms with Crippen LogP contribution in [0.2, 0.25) is 10.0 Å². The maximum Gasteiger partial charge on any atom is 0.164 e. The monoisotopic (exact) mass is 339 g/mol. The Labute approximate surface area is 137 Å². The van der Waals surface area contributed by atoms with Crippen LogP contribution in [-0.4, -0.2) is 14.5 Å². The van der Waals surface area contributed by atoms with Gasteiger partial charge in [0.1, 0.15) is 11.3 Å². The molecule has 0 amide bonds. The van der Waals surface area contributed by atoms with E-state index in [0.29, 0.717) is 10.0 Å². The van der Waals surface area contributed by atoms with Gasteiger partial charge in [-0.3, -0.25) is 4.57 Å². The van der Waals surface area contributed by atoms with E-state index in [4.69, 9.17) is 34.8 Å². The van der Waals surface area contributed by atoms with Crippen LogP contribution >= 0.6 is 34.8 Å². The van der Waals surface area contributed by atoms with Crippen molar-refractivity contribution >= 4 is 46.0 Å². The Kier molecular flexibility index (Phi) is 3.82. The van der Waals surface area contributed by atoms with Gasteiger partial charge in [-0.05, 0) is 43.7 Å². The van der Waals surface area contributed by atoms with E-state index in [1.54, 1.807) is 18.3 Å². The lowest BCUT2D eigenvalue weighted by Gasteiger charge is -2.10. The molecule has 0 spiro atoms. The summed E-state index contributed by atoms with van der Waals surface area (Å²) in [6.45, 7) is 3.86. The number of rotatable bonds is 2. The molecule has 1 unspecified atom stereocenters. The predicted octanol–water partition coefficient (Wildman–Crippen LogP) is 5.34. The molecule has 0 saturated carbocycles. The fraction of sp³-hybridized carbons (Fsp3) is 0.200. The molecule has 0 aliphatic carbocycles. The first-order valence-electron chi connectivity index (χ1n) is 6.42. The molecule has 0 bridgehead atoms. The van der Waals surface area contributed by atoms with Crippen LogP contribution in [-0.2, 0) is 0 Å². The van der Waals surface area contributed by atoms with E-state index in [0.717, 1.165) is 28.2 Å². The van der Waals surface area contributed by atoms with Crippen molar-refractivity contribution < 1.29 is 0 Å². The van der Waals surface area contributed by atoms with Crippen LogP contribution in [0, 0.1) is 6.92 Å². The van der Waals surface area contributed by atoms with Crippen LogP contribution in [0.5, 0.6) is 0 Å². The molecular formula is C15H12Cl3N3. The van der Waals surface area contributed by atoms with Gasteiger partial charge < -0.3 is 0 Å². The summed E-state index contributed by atoms with van der Waals surface area (Å²) in [6.07, 6.45) is 1.81. The van der Waals surface area contributed by atoms with Crippen LogP contribution in [0.15, 0.2) is 30.5 Å². The smallest absolute Gasteiger partial charge is 0.164 e. The van der Waals surface area contributed by atoms with Crippen molar-refractivity contribution in [2.75, 3.05) is 0 Å². The summed E-state index contributed by atoms with van der Waals surface area (Å²) in [6, 6.07) is 7.40. The zero-order valence-corrected chi connectivity index (χ0v) is 13.7. The molecule has 3 rings (SSSR count). The summed E-state index contributed by atoms with van der Waals surface area (Å²) in [5, 5.41) is 0.736. The molecule has 0 aliphatic heterocycles. The number of fused-ring (bicyclic) bond motifs is 1. The molecule has 2 heterocycles. The Hall–Kier alpha value is -1.29. The van der Waals surface area contributed by atoms with Crippen molar-refractivity contribution in [3.63, 3.8) is 0 Å². The van der Waals surface area contributed by atoms with E-state index in [1.165, 1.54) is 0 Å². The third-order valence-corrected chi connectivity index (χ3v) is 4.11. The van der Waals surface area contributed by atoms with E-state index >= 15 is 0 Å². The molecule has 1 aromatic carbocycles. The molecule has 0 saturated heterocycles. The summed E-state index contributed by atoms with van der Waals surface area (Å²) in [4.78, 5) is 9.07. The Morgan fingerprint density at radius 1 is 1.14 bits per heavy atom. The molecular weight excluding hydrogens is 329 g/mol. The maximum absolute atomic E-state index is 6.27. The van der Waals surface area contributed by atoms with Crippen LogP contribution in [0.3, 0.4) is 0 Å². The number of aryl methyl sites for hydroxylation is 1. The fourth-order valence-corrected chi connectivity index (χ4v) is 2.67. The number of halogens is 3. The largest absolute Gasteiger partial charge is 0.279 e.